The van der Waals surface area contributed by atoms with Gasteiger partial charge in [0.15, 0.2) is 0 Å². The average molecular weight is 233 g/mol. The van der Waals surface area contributed by atoms with E-state index in [4.69, 9.17) is 5.11 Å². The summed E-state index contributed by atoms with van der Waals surface area (Å²) < 4.78 is 0. The van der Waals surface area contributed by atoms with Crippen LogP contribution in [0.3, 0.4) is 0 Å². The standard InChI is InChI=1S/C14H19NO2/c1-9-7-12(15-11-5-3-4-6-11)8-13(10(9)2)14(16)17/h7-8,11,15H,3-6H2,1-2H3,(H,16,17). The van der Waals surface area contributed by atoms with Crippen molar-refractivity contribution in [2.24, 2.45) is 0 Å². The zero-order valence-electron chi connectivity index (χ0n) is 10.4. The molecule has 1 aromatic rings. The maximum atomic E-state index is 11.1. The Balaban J connectivity index is 2.25. The molecule has 3 heteroatoms. The quantitative estimate of drug-likeness (QED) is 0.841. The van der Waals surface area contributed by atoms with Crippen molar-refractivity contribution in [3.8, 4) is 0 Å². The molecular formula is C14H19NO2. The lowest BCUT2D eigenvalue weighted by atomic mass is 10.0. The lowest BCUT2D eigenvalue weighted by Gasteiger charge is -2.16. The second-order valence-corrected chi connectivity index (χ2v) is 4.90. The number of benzene rings is 1. The van der Waals surface area contributed by atoms with E-state index >= 15 is 0 Å². The fourth-order valence-corrected chi connectivity index (χ4v) is 2.47. The second-order valence-electron chi connectivity index (χ2n) is 4.90. The first-order valence-electron chi connectivity index (χ1n) is 6.19. The number of nitrogens with one attached hydrogen (secondary N) is 1. The van der Waals surface area contributed by atoms with Crippen molar-refractivity contribution < 1.29 is 9.90 Å². The van der Waals surface area contributed by atoms with Crippen molar-refractivity contribution in [1.82, 2.24) is 0 Å². The minimum Gasteiger partial charge on any atom is -0.478 e. The third-order valence-electron chi connectivity index (χ3n) is 3.62. The van der Waals surface area contributed by atoms with Crippen molar-refractivity contribution >= 4 is 11.7 Å². The molecule has 0 saturated heterocycles. The molecule has 92 valence electrons. The van der Waals surface area contributed by atoms with E-state index in [9.17, 15) is 4.79 Å². The molecule has 0 aliphatic heterocycles. The summed E-state index contributed by atoms with van der Waals surface area (Å²) in [7, 11) is 0. The smallest absolute Gasteiger partial charge is 0.336 e. The number of hydrogen-bond acceptors (Lipinski definition) is 2. The molecule has 0 amide bonds. The Kier molecular flexibility index (Phi) is 3.36. The monoisotopic (exact) mass is 233 g/mol. The molecule has 0 aromatic heterocycles. The van der Waals surface area contributed by atoms with Gasteiger partial charge in [0.25, 0.3) is 0 Å². The van der Waals surface area contributed by atoms with E-state index in [2.05, 4.69) is 5.32 Å². The number of carbonyl (C=O) groups is 1. The summed E-state index contributed by atoms with van der Waals surface area (Å²) in [5.74, 6) is -0.847. The number of aryl methyl sites for hydroxylation is 1. The van der Waals surface area contributed by atoms with Gasteiger partial charge < -0.3 is 10.4 Å². The Hall–Kier alpha value is -1.51. The predicted molar refractivity (Wildman–Crippen MR) is 68.8 cm³/mol. The lowest BCUT2D eigenvalue weighted by molar-refractivity contribution is 0.0696. The molecule has 1 aliphatic rings. The SMILES string of the molecule is Cc1cc(NC2CCCC2)cc(C(=O)O)c1C. The highest BCUT2D eigenvalue weighted by Gasteiger charge is 2.16. The topological polar surface area (TPSA) is 49.3 Å². The summed E-state index contributed by atoms with van der Waals surface area (Å²) in [6.07, 6.45) is 4.92. The Morgan fingerprint density at radius 2 is 1.94 bits per heavy atom. The molecule has 0 unspecified atom stereocenters. The number of rotatable bonds is 3. The molecule has 0 spiro atoms. The maximum Gasteiger partial charge on any atom is 0.336 e. The molecule has 1 fully saturated rings. The molecule has 17 heavy (non-hydrogen) atoms. The highest BCUT2D eigenvalue weighted by atomic mass is 16.4. The van der Waals surface area contributed by atoms with Gasteiger partial charge in [0, 0.05) is 11.7 Å². The van der Waals surface area contributed by atoms with Gasteiger partial charge in [0.05, 0.1) is 5.56 Å². The molecule has 1 aliphatic carbocycles. The maximum absolute atomic E-state index is 11.1. The van der Waals surface area contributed by atoms with Gasteiger partial charge in [0.1, 0.15) is 0 Å². The number of carboxylic acid groups (broad SMARTS) is 1. The first-order chi connectivity index (χ1) is 8.08. The first-order valence-corrected chi connectivity index (χ1v) is 6.19. The van der Waals surface area contributed by atoms with E-state index < -0.39 is 5.97 Å². The number of anilines is 1. The van der Waals surface area contributed by atoms with Gasteiger partial charge in [-0.05, 0) is 49.9 Å². The molecule has 2 rings (SSSR count). The fourth-order valence-electron chi connectivity index (χ4n) is 2.47. The van der Waals surface area contributed by atoms with Crippen LogP contribution in [-0.2, 0) is 0 Å². The molecular weight excluding hydrogens is 214 g/mol. The number of carboxylic acids is 1. The summed E-state index contributed by atoms with van der Waals surface area (Å²) in [5.41, 5.74) is 3.24. The van der Waals surface area contributed by atoms with Crippen molar-refractivity contribution in [2.75, 3.05) is 5.32 Å². The molecule has 0 heterocycles. The van der Waals surface area contributed by atoms with Crippen LogP contribution in [0.4, 0.5) is 5.69 Å². The van der Waals surface area contributed by atoms with Gasteiger partial charge in [-0.2, -0.15) is 0 Å². The van der Waals surface area contributed by atoms with Gasteiger partial charge in [-0.25, -0.2) is 4.79 Å². The van der Waals surface area contributed by atoms with Gasteiger partial charge in [-0.15, -0.1) is 0 Å². The van der Waals surface area contributed by atoms with Crippen LogP contribution in [0.1, 0.15) is 47.2 Å². The fraction of sp³-hybridized carbons (Fsp3) is 0.500. The van der Waals surface area contributed by atoms with Gasteiger partial charge >= 0.3 is 5.97 Å². The van der Waals surface area contributed by atoms with Crippen LogP contribution < -0.4 is 5.32 Å². The second kappa shape index (κ2) is 4.78. The minimum absolute atomic E-state index is 0.408. The first kappa shape index (κ1) is 12.0. The third-order valence-corrected chi connectivity index (χ3v) is 3.62. The Morgan fingerprint density at radius 3 is 2.53 bits per heavy atom. The van der Waals surface area contributed by atoms with Crippen LogP contribution in [0, 0.1) is 13.8 Å². The molecule has 1 saturated carbocycles. The van der Waals surface area contributed by atoms with Crippen LogP contribution in [0.25, 0.3) is 0 Å². The van der Waals surface area contributed by atoms with Gasteiger partial charge in [-0.3, -0.25) is 0 Å². The highest BCUT2D eigenvalue weighted by Crippen LogP contribution is 2.25. The van der Waals surface area contributed by atoms with Crippen LogP contribution in [0.2, 0.25) is 0 Å². The zero-order valence-corrected chi connectivity index (χ0v) is 10.4. The van der Waals surface area contributed by atoms with Crippen molar-refractivity contribution in [1.29, 1.82) is 0 Å². The van der Waals surface area contributed by atoms with E-state index in [1.54, 1.807) is 6.07 Å². The Bertz CT molecular complexity index is 434. The largest absolute Gasteiger partial charge is 0.478 e. The van der Waals surface area contributed by atoms with Crippen LogP contribution in [0.15, 0.2) is 12.1 Å². The molecule has 1 aromatic carbocycles. The van der Waals surface area contributed by atoms with Crippen molar-refractivity contribution in [3.63, 3.8) is 0 Å². The minimum atomic E-state index is -0.847. The number of aromatic carboxylic acids is 1. The summed E-state index contributed by atoms with van der Waals surface area (Å²) in [6, 6.07) is 4.31. The van der Waals surface area contributed by atoms with Crippen molar-refractivity contribution in [2.45, 2.75) is 45.6 Å². The molecule has 0 radical (unpaired) electrons. The van der Waals surface area contributed by atoms with E-state index in [-0.39, 0.29) is 0 Å². The van der Waals surface area contributed by atoms with Gasteiger partial charge in [0.2, 0.25) is 0 Å². The Labute approximate surface area is 102 Å². The summed E-state index contributed by atoms with van der Waals surface area (Å²) in [6.45, 7) is 3.82. The predicted octanol–water partition coefficient (Wildman–Crippen LogP) is 3.36. The average Bonchev–Trinajstić information content (AvgIpc) is 2.75. The van der Waals surface area contributed by atoms with Crippen LogP contribution in [0.5, 0.6) is 0 Å². The summed E-state index contributed by atoms with van der Waals surface area (Å²) in [5, 5.41) is 12.6. The van der Waals surface area contributed by atoms with Gasteiger partial charge in [-0.1, -0.05) is 12.8 Å². The highest BCUT2D eigenvalue weighted by molar-refractivity contribution is 5.91. The summed E-state index contributed by atoms with van der Waals surface area (Å²) in [4.78, 5) is 11.1. The molecule has 0 atom stereocenters. The zero-order chi connectivity index (χ0) is 12.4. The van der Waals surface area contributed by atoms with E-state index in [0.717, 1.165) is 16.8 Å². The van der Waals surface area contributed by atoms with Crippen LogP contribution in [-0.4, -0.2) is 17.1 Å². The van der Waals surface area contributed by atoms with E-state index in [0.29, 0.717) is 11.6 Å². The molecule has 3 nitrogen and oxygen atoms in total. The lowest BCUT2D eigenvalue weighted by Crippen LogP contribution is -2.15. The van der Waals surface area contributed by atoms with E-state index in [1.165, 1.54) is 25.7 Å². The molecule has 2 N–H and O–H groups in total. The van der Waals surface area contributed by atoms with Crippen molar-refractivity contribution in [3.05, 3.63) is 28.8 Å². The summed E-state index contributed by atoms with van der Waals surface area (Å²) >= 11 is 0. The normalized spacial score (nSPS) is 16.1. The number of hydrogen-bond donors (Lipinski definition) is 2. The third kappa shape index (κ3) is 2.60. The molecule has 0 bridgehead atoms. The Morgan fingerprint density at radius 1 is 1.29 bits per heavy atom. The van der Waals surface area contributed by atoms with E-state index in [1.807, 2.05) is 19.9 Å². The van der Waals surface area contributed by atoms with Crippen LogP contribution >= 0.6 is 0 Å².